The standard InChI is InChI=1S/C77H116O6/c1-4-7-10-13-16-19-22-25-28-31-33-35-36-37-38-39-40-42-43-46-49-52-55-58-61-64-67-70-76(79)82-73-74(72-81-75(78)69-66-63-60-57-54-51-48-45-30-27-24-21-18-15-12-9-6-3)83-77(80)71-68-65-62-59-56-53-50-47-44-41-34-32-29-26-23-20-17-14-11-8-5-2/h7-12,16-21,25-30,33-35,37-38,40-42,46-51,57,60,74H,4-6,13-15,22-24,31-32,36,39,43-45,52-56,58-59,61-73H2,1-3H3/b10-7-,11-8-,12-9-,19-16-,20-17-,21-18-,28-25-,29-26-,30-27-,35-33-,38-37-,41-34-,42-40-,49-46-,50-47-,51-48-,60-57-. The number of ether oxygens (including phenoxy) is 3. The second-order valence-electron chi connectivity index (χ2n) is 20.5. The van der Waals surface area contributed by atoms with Crippen LogP contribution in [0.4, 0.5) is 0 Å². The Hall–Kier alpha value is -6.01. The van der Waals surface area contributed by atoms with Crippen molar-refractivity contribution in [1.29, 1.82) is 0 Å². The van der Waals surface area contributed by atoms with Gasteiger partial charge in [0.05, 0.1) is 0 Å². The van der Waals surface area contributed by atoms with Crippen LogP contribution in [0.15, 0.2) is 207 Å². The normalized spacial score (nSPS) is 13.5. The lowest BCUT2D eigenvalue weighted by molar-refractivity contribution is -0.167. The first kappa shape index (κ1) is 77.0. The molecule has 1 unspecified atom stereocenters. The maximum absolute atomic E-state index is 12.9. The molecule has 0 saturated heterocycles. The SMILES string of the molecule is CC/C=C\C/C=C\C/C=C\C/C=C\C/C=C\C/C=C\C/C=C\CCCCCCCC(=O)OCC(COC(=O)CCC/C=C\C/C=C\C/C=C\C/C=C\C/C=C\CC)OC(=O)CCCCCCC/C=C\C/C=C\C/C=C\C/C=C\C/C=C\CC. The number of carbonyl (C=O) groups is 3. The molecule has 0 aliphatic rings. The second-order valence-corrected chi connectivity index (χ2v) is 20.5. The Labute approximate surface area is 509 Å². The lowest BCUT2D eigenvalue weighted by Gasteiger charge is -2.18. The number of carbonyl (C=O) groups excluding carboxylic acids is 3. The average molecular weight is 1140 g/mol. The van der Waals surface area contributed by atoms with Gasteiger partial charge >= 0.3 is 17.9 Å². The van der Waals surface area contributed by atoms with Crippen LogP contribution in [0.25, 0.3) is 0 Å². The molecule has 0 heterocycles. The highest BCUT2D eigenvalue weighted by Crippen LogP contribution is 2.13. The van der Waals surface area contributed by atoms with Gasteiger partial charge in [0.2, 0.25) is 0 Å². The van der Waals surface area contributed by atoms with Crippen molar-refractivity contribution >= 4 is 17.9 Å². The molecular weight excluding hydrogens is 1020 g/mol. The molecule has 0 aliphatic carbocycles. The molecule has 0 fully saturated rings. The van der Waals surface area contributed by atoms with Crippen molar-refractivity contribution in [3.63, 3.8) is 0 Å². The van der Waals surface area contributed by atoms with E-state index in [9.17, 15) is 14.4 Å². The van der Waals surface area contributed by atoms with Crippen LogP contribution in [0, 0.1) is 0 Å². The van der Waals surface area contributed by atoms with Crippen molar-refractivity contribution in [2.24, 2.45) is 0 Å². The highest BCUT2D eigenvalue weighted by atomic mass is 16.6. The van der Waals surface area contributed by atoms with Crippen LogP contribution in [-0.4, -0.2) is 37.2 Å². The van der Waals surface area contributed by atoms with Crippen molar-refractivity contribution in [1.82, 2.24) is 0 Å². The van der Waals surface area contributed by atoms with Gasteiger partial charge in [0, 0.05) is 19.3 Å². The summed E-state index contributed by atoms with van der Waals surface area (Å²) in [6.07, 6.45) is 105. The molecule has 6 heteroatoms. The number of hydrogen-bond acceptors (Lipinski definition) is 6. The van der Waals surface area contributed by atoms with Gasteiger partial charge in [-0.15, -0.1) is 0 Å². The number of hydrogen-bond donors (Lipinski definition) is 0. The first-order chi connectivity index (χ1) is 41.0. The number of esters is 3. The van der Waals surface area contributed by atoms with Crippen molar-refractivity contribution in [2.45, 2.75) is 245 Å². The third kappa shape index (κ3) is 66.7. The van der Waals surface area contributed by atoms with Gasteiger partial charge in [-0.25, -0.2) is 0 Å². The van der Waals surface area contributed by atoms with E-state index in [2.05, 4.69) is 227 Å². The molecule has 0 saturated carbocycles. The lowest BCUT2D eigenvalue weighted by Crippen LogP contribution is -2.30. The molecule has 0 spiro atoms. The summed E-state index contributed by atoms with van der Waals surface area (Å²) in [5.74, 6) is -1.03. The summed E-state index contributed by atoms with van der Waals surface area (Å²) >= 11 is 0. The van der Waals surface area contributed by atoms with Crippen LogP contribution >= 0.6 is 0 Å². The summed E-state index contributed by atoms with van der Waals surface area (Å²) in [5, 5.41) is 0. The summed E-state index contributed by atoms with van der Waals surface area (Å²) in [7, 11) is 0. The van der Waals surface area contributed by atoms with Crippen molar-refractivity contribution in [2.75, 3.05) is 13.2 Å². The van der Waals surface area contributed by atoms with Gasteiger partial charge in [-0.1, -0.05) is 266 Å². The maximum atomic E-state index is 12.9. The fraction of sp³-hybridized carbons (Fsp3) is 0.519. The Balaban J connectivity index is 4.57. The number of allylic oxidation sites excluding steroid dienone is 34. The molecule has 0 aromatic heterocycles. The highest BCUT2D eigenvalue weighted by molar-refractivity contribution is 5.71. The molecule has 460 valence electrons. The first-order valence-electron chi connectivity index (χ1n) is 32.6. The fourth-order valence-electron chi connectivity index (χ4n) is 8.01. The molecule has 0 aliphatic heterocycles. The topological polar surface area (TPSA) is 78.9 Å². The predicted octanol–water partition coefficient (Wildman–Crippen LogP) is 22.8. The molecule has 0 aromatic rings. The van der Waals surface area contributed by atoms with Crippen molar-refractivity contribution in [3.8, 4) is 0 Å². The van der Waals surface area contributed by atoms with Crippen LogP contribution in [-0.2, 0) is 28.6 Å². The smallest absolute Gasteiger partial charge is 0.306 e. The molecule has 0 N–H and O–H groups in total. The van der Waals surface area contributed by atoms with Crippen molar-refractivity contribution in [3.05, 3.63) is 207 Å². The van der Waals surface area contributed by atoms with Crippen LogP contribution < -0.4 is 0 Å². The second kappa shape index (κ2) is 68.5. The third-order valence-electron chi connectivity index (χ3n) is 12.8. The van der Waals surface area contributed by atoms with E-state index in [1.807, 2.05) is 0 Å². The summed E-state index contributed by atoms with van der Waals surface area (Å²) in [6.45, 7) is 6.20. The van der Waals surface area contributed by atoms with E-state index in [0.29, 0.717) is 12.8 Å². The molecule has 0 amide bonds. The quantitative estimate of drug-likeness (QED) is 0.0261. The summed E-state index contributed by atoms with van der Waals surface area (Å²) in [6, 6.07) is 0. The van der Waals surface area contributed by atoms with Crippen LogP contribution in [0.2, 0.25) is 0 Å². The Bertz CT molecular complexity index is 2030. The Kier molecular flexibility index (Phi) is 63.5. The van der Waals surface area contributed by atoms with Gasteiger partial charge in [-0.3, -0.25) is 14.4 Å². The molecule has 0 aromatic carbocycles. The summed E-state index contributed by atoms with van der Waals surface area (Å²) < 4.78 is 16.9. The van der Waals surface area contributed by atoms with Crippen LogP contribution in [0.1, 0.15) is 239 Å². The molecule has 83 heavy (non-hydrogen) atoms. The molecule has 0 bridgehead atoms. The molecular formula is C77H116O6. The highest BCUT2D eigenvalue weighted by Gasteiger charge is 2.19. The zero-order chi connectivity index (χ0) is 59.9. The van der Waals surface area contributed by atoms with E-state index >= 15 is 0 Å². The van der Waals surface area contributed by atoms with Crippen LogP contribution in [0.5, 0.6) is 0 Å². The lowest BCUT2D eigenvalue weighted by atomic mass is 10.1. The van der Waals surface area contributed by atoms with E-state index in [4.69, 9.17) is 14.2 Å². The average Bonchev–Trinajstić information content (AvgIpc) is 3.49. The Morgan fingerprint density at radius 3 is 0.723 bits per heavy atom. The Morgan fingerprint density at radius 2 is 0.446 bits per heavy atom. The summed E-state index contributed by atoms with van der Waals surface area (Å²) in [5.41, 5.74) is 0. The van der Waals surface area contributed by atoms with E-state index in [1.54, 1.807) is 0 Å². The monoisotopic (exact) mass is 1140 g/mol. The first-order valence-corrected chi connectivity index (χ1v) is 32.6. The van der Waals surface area contributed by atoms with E-state index < -0.39 is 6.10 Å². The number of rotatable bonds is 56. The minimum absolute atomic E-state index is 0.126. The van der Waals surface area contributed by atoms with Gasteiger partial charge in [0.15, 0.2) is 6.10 Å². The fourth-order valence-corrected chi connectivity index (χ4v) is 8.01. The number of unbranched alkanes of at least 4 members (excludes halogenated alkanes) is 11. The predicted molar refractivity (Wildman–Crippen MR) is 361 cm³/mol. The van der Waals surface area contributed by atoms with E-state index in [-0.39, 0.29) is 44.0 Å². The van der Waals surface area contributed by atoms with Gasteiger partial charge < -0.3 is 14.2 Å². The molecule has 0 rings (SSSR count). The third-order valence-corrected chi connectivity index (χ3v) is 12.8. The largest absolute Gasteiger partial charge is 0.462 e. The van der Waals surface area contributed by atoms with Crippen LogP contribution in [0.3, 0.4) is 0 Å². The van der Waals surface area contributed by atoms with Gasteiger partial charge in [0.1, 0.15) is 13.2 Å². The van der Waals surface area contributed by atoms with E-state index in [0.717, 1.165) is 193 Å². The van der Waals surface area contributed by atoms with Crippen molar-refractivity contribution < 1.29 is 28.6 Å². The Morgan fingerprint density at radius 1 is 0.241 bits per heavy atom. The zero-order valence-electron chi connectivity index (χ0n) is 52.6. The summed E-state index contributed by atoms with van der Waals surface area (Å²) in [4.78, 5) is 38.4. The molecule has 1 atom stereocenters. The molecule has 6 nitrogen and oxygen atoms in total. The maximum Gasteiger partial charge on any atom is 0.306 e. The zero-order valence-corrected chi connectivity index (χ0v) is 52.6. The minimum Gasteiger partial charge on any atom is -0.462 e. The van der Waals surface area contributed by atoms with Gasteiger partial charge in [-0.05, 0) is 161 Å². The van der Waals surface area contributed by atoms with Gasteiger partial charge in [0.25, 0.3) is 0 Å². The minimum atomic E-state index is -0.836. The van der Waals surface area contributed by atoms with E-state index in [1.165, 1.54) is 0 Å². The molecule has 0 radical (unpaired) electrons. The van der Waals surface area contributed by atoms with Gasteiger partial charge in [-0.2, -0.15) is 0 Å².